The van der Waals surface area contributed by atoms with Crippen molar-refractivity contribution in [2.75, 3.05) is 49.6 Å². The minimum Gasteiger partial charge on any atom is -0.495 e. The van der Waals surface area contributed by atoms with Crippen molar-refractivity contribution >= 4 is 23.2 Å². The Labute approximate surface area is 172 Å². The fourth-order valence-corrected chi connectivity index (χ4v) is 3.77. The SMILES string of the molecule is COc1ccccc1N1CCN(C(=O)CCN(C(C)=O)c2ccccc2C)CC1. The molecule has 0 bridgehead atoms. The number of benzene rings is 2. The van der Waals surface area contributed by atoms with Gasteiger partial charge >= 0.3 is 0 Å². The number of methoxy groups -OCH3 is 1. The maximum Gasteiger partial charge on any atom is 0.224 e. The van der Waals surface area contributed by atoms with Crippen LogP contribution in [0.5, 0.6) is 5.75 Å². The molecule has 6 heteroatoms. The standard InChI is InChI=1S/C23H29N3O3/c1-18-8-4-5-9-20(18)26(19(2)27)13-12-23(28)25-16-14-24(15-17-25)21-10-6-7-11-22(21)29-3/h4-11H,12-17H2,1-3H3. The highest BCUT2D eigenvalue weighted by Gasteiger charge is 2.24. The Bertz CT molecular complexity index is 860. The lowest BCUT2D eigenvalue weighted by atomic mass is 10.1. The van der Waals surface area contributed by atoms with Gasteiger partial charge in [-0.25, -0.2) is 0 Å². The number of hydrogen-bond donors (Lipinski definition) is 0. The highest BCUT2D eigenvalue weighted by atomic mass is 16.5. The van der Waals surface area contributed by atoms with Gasteiger partial charge in [0, 0.05) is 51.8 Å². The molecule has 1 aliphatic rings. The van der Waals surface area contributed by atoms with E-state index in [-0.39, 0.29) is 11.8 Å². The summed E-state index contributed by atoms with van der Waals surface area (Å²) in [4.78, 5) is 30.7. The van der Waals surface area contributed by atoms with E-state index in [1.165, 1.54) is 0 Å². The van der Waals surface area contributed by atoms with Gasteiger partial charge in [-0.15, -0.1) is 0 Å². The van der Waals surface area contributed by atoms with Crippen molar-refractivity contribution in [2.24, 2.45) is 0 Å². The Morgan fingerprint density at radius 2 is 1.66 bits per heavy atom. The summed E-state index contributed by atoms with van der Waals surface area (Å²) >= 11 is 0. The molecule has 3 rings (SSSR count). The molecule has 0 atom stereocenters. The van der Waals surface area contributed by atoms with Gasteiger partial charge in [-0.3, -0.25) is 9.59 Å². The van der Waals surface area contributed by atoms with E-state index in [1.807, 2.05) is 60.4 Å². The number of hydrogen-bond acceptors (Lipinski definition) is 4. The van der Waals surface area contributed by atoms with E-state index in [4.69, 9.17) is 4.74 Å². The molecule has 0 saturated carbocycles. The predicted octanol–water partition coefficient (Wildman–Crippen LogP) is 3.10. The lowest BCUT2D eigenvalue weighted by Gasteiger charge is -2.37. The van der Waals surface area contributed by atoms with Gasteiger partial charge in [-0.2, -0.15) is 0 Å². The van der Waals surface area contributed by atoms with E-state index in [0.717, 1.165) is 35.8 Å². The number of ether oxygens (including phenoxy) is 1. The van der Waals surface area contributed by atoms with Crippen molar-refractivity contribution in [1.82, 2.24) is 4.90 Å². The van der Waals surface area contributed by atoms with Crippen LogP contribution in [0.3, 0.4) is 0 Å². The number of rotatable bonds is 6. The minimum atomic E-state index is -0.0481. The van der Waals surface area contributed by atoms with Crippen molar-refractivity contribution in [3.8, 4) is 5.75 Å². The first-order chi connectivity index (χ1) is 14.0. The normalized spacial score (nSPS) is 13.9. The van der Waals surface area contributed by atoms with E-state index in [1.54, 1.807) is 18.9 Å². The molecule has 0 radical (unpaired) electrons. The summed E-state index contributed by atoms with van der Waals surface area (Å²) in [5.74, 6) is 0.889. The van der Waals surface area contributed by atoms with Crippen LogP contribution >= 0.6 is 0 Å². The molecule has 0 N–H and O–H groups in total. The van der Waals surface area contributed by atoms with Crippen LogP contribution in [0.2, 0.25) is 0 Å². The van der Waals surface area contributed by atoms with Crippen LogP contribution in [0.25, 0.3) is 0 Å². The summed E-state index contributed by atoms with van der Waals surface area (Å²) < 4.78 is 5.45. The number of para-hydroxylation sites is 3. The summed E-state index contributed by atoms with van der Waals surface area (Å²) in [6, 6.07) is 15.7. The Hall–Kier alpha value is -3.02. The molecule has 1 fully saturated rings. The minimum absolute atomic E-state index is 0.0481. The van der Waals surface area contributed by atoms with Crippen LogP contribution in [0, 0.1) is 6.92 Å². The van der Waals surface area contributed by atoms with Crippen LogP contribution < -0.4 is 14.5 Å². The molecule has 0 aromatic heterocycles. The maximum atomic E-state index is 12.8. The third-order valence-electron chi connectivity index (χ3n) is 5.39. The Morgan fingerprint density at radius 3 is 2.31 bits per heavy atom. The molecule has 1 heterocycles. The van der Waals surface area contributed by atoms with Crippen molar-refractivity contribution in [1.29, 1.82) is 0 Å². The molecule has 1 saturated heterocycles. The summed E-state index contributed by atoms with van der Waals surface area (Å²) in [5.41, 5.74) is 2.96. The summed E-state index contributed by atoms with van der Waals surface area (Å²) in [6.07, 6.45) is 0.322. The zero-order valence-corrected chi connectivity index (χ0v) is 17.4. The molecule has 0 spiro atoms. The average Bonchev–Trinajstić information content (AvgIpc) is 2.74. The topological polar surface area (TPSA) is 53.1 Å². The van der Waals surface area contributed by atoms with Crippen molar-refractivity contribution in [3.05, 3.63) is 54.1 Å². The second-order valence-electron chi connectivity index (χ2n) is 7.25. The number of anilines is 2. The first-order valence-corrected chi connectivity index (χ1v) is 10.0. The molecule has 29 heavy (non-hydrogen) atoms. The molecule has 0 aliphatic carbocycles. The number of carbonyl (C=O) groups excluding carboxylic acids is 2. The second-order valence-corrected chi connectivity index (χ2v) is 7.25. The predicted molar refractivity (Wildman–Crippen MR) is 116 cm³/mol. The van der Waals surface area contributed by atoms with Crippen LogP contribution in [0.4, 0.5) is 11.4 Å². The number of carbonyl (C=O) groups is 2. The number of piperazine rings is 1. The molecule has 6 nitrogen and oxygen atoms in total. The molecule has 2 aromatic rings. The lowest BCUT2D eigenvalue weighted by molar-refractivity contribution is -0.131. The van der Waals surface area contributed by atoms with Gasteiger partial charge in [0.05, 0.1) is 12.8 Å². The molecule has 2 aromatic carbocycles. The highest BCUT2D eigenvalue weighted by Crippen LogP contribution is 2.28. The maximum absolute atomic E-state index is 12.8. The van der Waals surface area contributed by atoms with Gasteiger partial charge in [0.15, 0.2) is 0 Å². The summed E-state index contributed by atoms with van der Waals surface area (Å²) in [6.45, 7) is 6.78. The monoisotopic (exact) mass is 395 g/mol. The van der Waals surface area contributed by atoms with Crippen LogP contribution in [0.1, 0.15) is 18.9 Å². The zero-order valence-electron chi connectivity index (χ0n) is 17.4. The zero-order chi connectivity index (χ0) is 20.8. The molecule has 1 aliphatic heterocycles. The smallest absolute Gasteiger partial charge is 0.224 e. The molecule has 2 amide bonds. The highest BCUT2D eigenvalue weighted by molar-refractivity contribution is 5.93. The van der Waals surface area contributed by atoms with Gasteiger partial charge in [-0.05, 0) is 30.7 Å². The lowest BCUT2D eigenvalue weighted by Crippen LogP contribution is -2.49. The third kappa shape index (κ3) is 4.88. The van der Waals surface area contributed by atoms with E-state index in [0.29, 0.717) is 26.1 Å². The van der Waals surface area contributed by atoms with Gasteiger partial charge in [0.2, 0.25) is 11.8 Å². The fraction of sp³-hybridized carbons (Fsp3) is 0.391. The van der Waals surface area contributed by atoms with Crippen molar-refractivity contribution < 1.29 is 14.3 Å². The van der Waals surface area contributed by atoms with E-state index >= 15 is 0 Å². The Kier molecular flexibility index (Phi) is 6.75. The number of nitrogens with zero attached hydrogens (tertiary/aromatic N) is 3. The van der Waals surface area contributed by atoms with Crippen LogP contribution in [-0.4, -0.2) is 56.5 Å². The third-order valence-corrected chi connectivity index (χ3v) is 5.39. The first kappa shape index (κ1) is 20.7. The van der Waals surface area contributed by atoms with E-state index in [2.05, 4.69) is 4.90 Å². The van der Waals surface area contributed by atoms with Crippen molar-refractivity contribution in [3.63, 3.8) is 0 Å². The van der Waals surface area contributed by atoms with E-state index in [9.17, 15) is 9.59 Å². The van der Waals surface area contributed by atoms with Gasteiger partial charge in [0.1, 0.15) is 5.75 Å². The average molecular weight is 396 g/mol. The summed E-state index contributed by atoms with van der Waals surface area (Å²) in [5, 5.41) is 0. The van der Waals surface area contributed by atoms with Crippen LogP contribution in [-0.2, 0) is 9.59 Å². The van der Waals surface area contributed by atoms with E-state index < -0.39 is 0 Å². The fourth-order valence-electron chi connectivity index (χ4n) is 3.77. The molecule has 154 valence electrons. The summed E-state index contributed by atoms with van der Waals surface area (Å²) in [7, 11) is 1.67. The Morgan fingerprint density at radius 1 is 1.00 bits per heavy atom. The quantitative estimate of drug-likeness (QED) is 0.754. The molecular formula is C23H29N3O3. The number of amides is 2. The van der Waals surface area contributed by atoms with Crippen LogP contribution in [0.15, 0.2) is 48.5 Å². The van der Waals surface area contributed by atoms with Gasteiger partial charge < -0.3 is 19.4 Å². The largest absolute Gasteiger partial charge is 0.495 e. The molecular weight excluding hydrogens is 366 g/mol. The van der Waals surface area contributed by atoms with Gasteiger partial charge in [-0.1, -0.05) is 30.3 Å². The Balaban J connectivity index is 1.57. The first-order valence-electron chi connectivity index (χ1n) is 10.0. The second kappa shape index (κ2) is 9.45. The molecule has 0 unspecified atom stereocenters. The number of aryl methyl sites for hydroxylation is 1. The van der Waals surface area contributed by atoms with Crippen molar-refractivity contribution in [2.45, 2.75) is 20.3 Å². The van der Waals surface area contributed by atoms with Gasteiger partial charge in [0.25, 0.3) is 0 Å².